The van der Waals surface area contributed by atoms with E-state index in [9.17, 15) is 21.6 Å². The molecule has 0 aliphatic rings. The van der Waals surface area contributed by atoms with Crippen molar-refractivity contribution in [1.82, 2.24) is 0 Å². The average molecular weight is 314 g/mol. The van der Waals surface area contributed by atoms with Gasteiger partial charge in [-0.3, -0.25) is 0 Å². The third-order valence-corrected chi connectivity index (χ3v) is 3.52. The number of nitriles is 1. The summed E-state index contributed by atoms with van der Waals surface area (Å²) in [4.78, 5) is -0.817. The molecule has 0 aliphatic carbocycles. The first-order valence-corrected chi connectivity index (χ1v) is 7.17. The Labute approximate surface area is 111 Å². The summed E-state index contributed by atoms with van der Waals surface area (Å²) < 4.78 is 63.1. The minimum atomic E-state index is -5.09. The molecule has 0 N–H and O–H groups in total. The van der Waals surface area contributed by atoms with Crippen LogP contribution in [-0.2, 0) is 15.5 Å². The Bertz CT molecular complexity index is 635. The number of halogens is 4. The maximum Gasteiger partial charge on any atom is 0.573 e. The zero-order valence-electron chi connectivity index (χ0n) is 9.45. The molecule has 0 atom stereocenters. The first-order chi connectivity index (χ1) is 8.60. The second-order valence-electron chi connectivity index (χ2n) is 3.37. The van der Waals surface area contributed by atoms with Crippen molar-refractivity contribution >= 4 is 19.7 Å². The van der Waals surface area contributed by atoms with Gasteiger partial charge in [0.25, 0.3) is 9.05 Å². The van der Waals surface area contributed by atoms with Crippen LogP contribution in [-0.4, -0.2) is 14.8 Å². The first-order valence-electron chi connectivity index (χ1n) is 4.86. The van der Waals surface area contributed by atoms with Crippen LogP contribution in [0.4, 0.5) is 13.2 Å². The molecule has 0 fully saturated rings. The Hall–Kier alpha value is -1.46. The van der Waals surface area contributed by atoms with Crippen LogP contribution in [0.1, 0.15) is 18.1 Å². The van der Waals surface area contributed by atoms with Crippen LogP contribution in [0.15, 0.2) is 17.0 Å². The monoisotopic (exact) mass is 313 g/mol. The molecule has 4 nitrogen and oxygen atoms in total. The largest absolute Gasteiger partial charge is 0.573 e. The lowest BCUT2D eigenvalue weighted by Gasteiger charge is -2.16. The maximum absolute atomic E-state index is 12.3. The van der Waals surface area contributed by atoms with Crippen LogP contribution < -0.4 is 4.74 Å². The Balaban J connectivity index is 3.65. The van der Waals surface area contributed by atoms with Gasteiger partial charge in [0.1, 0.15) is 4.90 Å². The molecule has 0 unspecified atom stereocenters. The molecular formula is C10H7ClF3NO3S. The lowest BCUT2D eigenvalue weighted by Crippen LogP contribution is -2.20. The highest BCUT2D eigenvalue weighted by molar-refractivity contribution is 8.13. The topological polar surface area (TPSA) is 67.2 Å². The van der Waals surface area contributed by atoms with Gasteiger partial charge in [0.05, 0.1) is 11.6 Å². The summed E-state index contributed by atoms with van der Waals surface area (Å²) in [6, 6.07) is 3.55. The molecular weight excluding hydrogens is 307 g/mol. The van der Waals surface area contributed by atoms with E-state index in [0.29, 0.717) is 0 Å². The number of hydrogen-bond donors (Lipinski definition) is 0. The van der Waals surface area contributed by atoms with E-state index in [1.54, 1.807) is 6.07 Å². The fourth-order valence-corrected chi connectivity index (χ4v) is 2.46. The maximum atomic E-state index is 12.3. The van der Waals surface area contributed by atoms with Crippen LogP contribution in [0, 0.1) is 11.3 Å². The summed E-state index contributed by atoms with van der Waals surface area (Å²) >= 11 is 0. The zero-order valence-corrected chi connectivity index (χ0v) is 11.0. The smallest absolute Gasteiger partial charge is 0.404 e. The number of benzene rings is 1. The molecule has 1 aromatic carbocycles. The van der Waals surface area contributed by atoms with Crippen molar-refractivity contribution < 1.29 is 26.3 Å². The van der Waals surface area contributed by atoms with E-state index in [0.717, 1.165) is 12.1 Å². The third-order valence-electron chi connectivity index (χ3n) is 2.18. The quantitative estimate of drug-likeness (QED) is 0.805. The van der Waals surface area contributed by atoms with Crippen molar-refractivity contribution in [3.8, 4) is 11.8 Å². The van der Waals surface area contributed by atoms with Gasteiger partial charge in [0.15, 0.2) is 5.75 Å². The molecule has 104 valence electrons. The van der Waals surface area contributed by atoms with Gasteiger partial charge in [0, 0.05) is 16.2 Å². The van der Waals surface area contributed by atoms with E-state index >= 15 is 0 Å². The summed E-state index contributed by atoms with van der Waals surface area (Å²) in [6.07, 6.45) is -5.11. The van der Waals surface area contributed by atoms with Gasteiger partial charge < -0.3 is 4.74 Å². The predicted octanol–water partition coefficient (Wildman–Crippen LogP) is 2.95. The molecule has 0 spiro atoms. The van der Waals surface area contributed by atoms with Crippen LogP contribution in [0.2, 0.25) is 0 Å². The normalized spacial score (nSPS) is 12.0. The Morgan fingerprint density at radius 1 is 1.42 bits per heavy atom. The van der Waals surface area contributed by atoms with Crippen molar-refractivity contribution in [2.45, 2.75) is 24.6 Å². The van der Waals surface area contributed by atoms with E-state index in [4.69, 9.17) is 15.9 Å². The molecule has 0 aromatic heterocycles. The minimum absolute atomic E-state index is 0.0193. The second-order valence-corrected chi connectivity index (χ2v) is 5.90. The Kier molecular flexibility index (Phi) is 4.32. The minimum Gasteiger partial charge on any atom is -0.404 e. The lowest BCUT2D eigenvalue weighted by molar-refractivity contribution is -0.275. The van der Waals surface area contributed by atoms with E-state index < -0.39 is 26.1 Å². The Morgan fingerprint density at radius 2 is 2.00 bits per heavy atom. The Morgan fingerprint density at radius 3 is 2.37 bits per heavy atom. The number of ether oxygens (including phenoxy) is 1. The molecule has 19 heavy (non-hydrogen) atoms. The molecule has 0 saturated carbocycles. The number of hydrogen-bond acceptors (Lipinski definition) is 4. The average Bonchev–Trinajstić information content (AvgIpc) is 2.24. The van der Waals surface area contributed by atoms with Gasteiger partial charge >= 0.3 is 6.36 Å². The molecule has 0 aliphatic heterocycles. The molecule has 0 amide bonds. The van der Waals surface area contributed by atoms with Crippen LogP contribution in [0.25, 0.3) is 0 Å². The number of nitrogens with zero attached hydrogens (tertiary/aromatic N) is 1. The van der Waals surface area contributed by atoms with Gasteiger partial charge in [-0.05, 0) is 18.6 Å². The van der Waals surface area contributed by atoms with E-state index in [2.05, 4.69) is 4.74 Å². The predicted molar refractivity (Wildman–Crippen MR) is 60.3 cm³/mol. The molecule has 1 aromatic rings. The van der Waals surface area contributed by atoms with Gasteiger partial charge in [-0.1, -0.05) is 6.92 Å². The van der Waals surface area contributed by atoms with E-state index in [-0.39, 0.29) is 17.5 Å². The summed E-state index contributed by atoms with van der Waals surface area (Å²) in [6.45, 7) is 1.46. The molecule has 0 heterocycles. The second kappa shape index (κ2) is 5.27. The summed E-state index contributed by atoms with van der Waals surface area (Å²) in [5.41, 5.74) is -0.271. The van der Waals surface area contributed by atoms with Crippen molar-refractivity contribution in [2.75, 3.05) is 0 Å². The number of rotatable bonds is 3. The van der Waals surface area contributed by atoms with Crippen molar-refractivity contribution in [3.63, 3.8) is 0 Å². The van der Waals surface area contributed by atoms with Gasteiger partial charge in [-0.2, -0.15) is 5.26 Å². The summed E-state index contributed by atoms with van der Waals surface area (Å²) in [7, 11) is 0.633. The summed E-state index contributed by atoms with van der Waals surface area (Å²) in [5, 5.41) is 8.80. The zero-order chi connectivity index (χ0) is 14.8. The standard InChI is InChI=1S/C10H7ClF3NO3S/c1-2-7-6(5-15)3-4-8(19(11,16)17)9(7)18-10(12,13)14/h3-4H,2H2,1H3. The fraction of sp³-hybridized carbons (Fsp3) is 0.300. The van der Waals surface area contributed by atoms with Gasteiger partial charge in [-0.15, -0.1) is 13.2 Å². The molecule has 0 saturated heterocycles. The summed E-state index contributed by atoms with van der Waals surface area (Å²) in [5.74, 6) is -0.955. The van der Waals surface area contributed by atoms with Crippen molar-refractivity contribution in [1.29, 1.82) is 5.26 Å². The molecule has 9 heteroatoms. The van der Waals surface area contributed by atoms with Crippen molar-refractivity contribution in [2.24, 2.45) is 0 Å². The highest BCUT2D eigenvalue weighted by atomic mass is 35.7. The highest BCUT2D eigenvalue weighted by Crippen LogP contribution is 2.36. The van der Waals surface area contributed by atoms with Crippen LogP contribution >= 0.6 is 10.7 Å². The van der Waals surface area contributed by atoms with E-state index in [1.165, 1.54) is 6.92 Å². The van der Waals surface area contributed by atoms with Crippen LogP contribution in [0.5, 0.6) is 5.75 Å². The van der Waals surface area contributed by atoms with Crippen molar-refractivity contribution in [3.05, 3.63) is 23.3 Å². The highest BCUT2D eigenvalue weighted by Gasteiger charge is 2.35. The third kappa shape index (κ3) is 3.75. The van der Waals surface area contributed by atoms with Gasteiger partial charge in [0.2, 0.25) is 0 Å². The van der Waals surface area contributed by atoms with Gasteiger partial charge in [-0.25, -0.2) is 8.42 Å². The van der Waals surface area contributed by atoms with Crippen LogP contribution in [0.3, 0.4) is 0 Å². The van der Waals surface area contributed by atoms with E-state index in [1.807, 2.05) is 0 Å². The molecule has 0 bridgehead atoms. The molecule has 0 radical (unpaired) electrons. The lowest BCUT2D eigenvalue weighted by atomic mass is 10.1. The number of alkyl halides is 3. The fourth-order valence-electron chi connectivity index (χ4n) is 1.48. The first kappa shape index (κ1) is 15.6. The molecule has 1 rings (SSSR count). The SMILES string of the molecule is CCc1c(C#N)ccc(S(=O)(=O)Cl)c1OC(F)(F)F.